The van der Waals surface area contributed by atoms with Crippen LogP contribution < -0.4 is 36.9 Å². The zero-order valence-electron chi connectivity index (χ0n) is 48.5. The number of nitrogens with one attached hydrogen (secondary N) is 4. The average molecular weight is 1220 g/mol. The minimum absolute atomic E-state index is 0.0476. The number of imidazole rings is 1. The number of piperazine rings is 1. The van der Waals surface area contributed by atoms with Crippen molar-refractivity contribution in [3.05, 3.63) is 142 Å². The average Bonchev–Trinajstić information content (AvgIpc) is 2.13. The molecule has 6 aromatic heterocycles. The Hall–Kier alpha value is -9.13. The number of hydrogen-bond donors (Lipinski definition) is 6. The summed E-state index contributed by atoms with van der Waals surface area (Å²) in [7, 11) is 0. The molecule has 9 rings (SSSR count). The van der Waals surface area contributed by atoms with Gasteiger partial charge in [0.2, 0.25) is 11.9 Å². The molecule has 1 fully saturated rings. The number of ether oxygens (including phenoxy) is 6. The smallest absolute Gasteiger partial charge is 0.387 e. The molecule has 0 saturated carbocycles. The summed E-state index contributed by atoms with van der Waals surface area (Å²) in [4.78, 5) is 78.2. The van der Waals surface area contributed by atoms with Gasteiger partial charge in [0.05, 0.1) is 103 Å². The third kappa shape index (κ3) is 18.7. The Morgan fingerprint density at radius 2 is 1.50 bits per heavy atom. The Bertz CT molecular complexity index is 3620. The largest absolute Gasteiger partial charge is 0.480 e. The Labute approximate surface area is 503 Å². The number of aryl methyl sites for hydroxylation is 1. The molecule has 7 N–H and O–H groups in total. The maximum Gasteiger partial charge on any atom is 0.387 e. The number of carbonyl (C=O) groups excluding carboxylic acids is 2. The summed E-state index contributed by atoms with van der Waals surface area (Å²) in [6, 6.07) is 19.9. The molecule has 0 radical (unpaired) electrons. The molecule has 8 aromatic rings. The molecule has 2 aromatic carbocycles. The van der Waals surface area contributed by atoms with E-state index in [0.717, 1.165) is 66.7 Å². The van der Waals surface area contributed by atoms with Gasteiger partial charge in [-0.2, -0.15) is 13.8 Å². The Morgan fingerprint density at radius 3 is 2.25 bits per heavy atom. The number of nitrogens with two attached hydrogens (primary N) is 1. The van der Waals surface area contributed by atoms with Gasteiger partial charge in [-0.25, -0.2) is 29.4 Å². The van der Waals surface area contributed by atoms with Gasteiger partial charge in [-0.15, -0.1) is 5.10 Å². The van der Waals surface area contributed by atoms with Gasteiger partial charge in [-0.1, -0.05) is 23.4 Å². The first kappa shape index (κ1) is 63.4. The molecule has 466 valence electrons. The molecule has 0 aliphatic carbocycles. The number of para-hydroxylation sites is 1. The lowest BCUT2D eigenvalue weighted by molar-refractivity contribution is -0.139. The number of hydrogen-bond acceptors (Lipinski definition) is 21. The van der Waals surface area contributed by atoms with Crippen LogP contribution in [0.15, 0.2) is 102 Å². The molecule has 0 bridgehead atoms. The zero-order valence-corrected chi connectivity index (χ0v) is 48.5. The number of amides is 2. The molecule has 0 spiro atoms. The third-order valence-electron chi connectivity index (χ3n) is 14.1. The number of H-pyrrole nitrogens is 1. The number of fused-ring (bicyclic) bond motifs is 2. The van der Waals surface area contributed by atoms with E-state index in [1.165, 1.54) is 18.3 Å². The number of aliphatic carboxylic acids is 1. The predicted molar refractivity (Wildman–Crippen MR) is 318 cm³/mol. The summed E-state index contributed by atoms with van der Waals surface area (Å²) >= 11 is 0. The van der Waals surface area contributed by atoms with E-state index in [4.69, 9.17) is 44.1 Å². The molecule has 88 heavy (non-hydrogen) atoms. The Balaban J connectivity index is 0.546. The van der Waals surface area contributed by atoms with Crippen LogP contribution in [0, 0.1) is 6.92 Å². The van der Waals surface area contributed by atoms with Crippen molar-refractivity contribution in [2.24, 2.45) is 0 Å². The van der Waals surface area contributed by atoms with Crippen LogP contribution in [0.1, 0.15) is 51.5 Å². The van der Waals surface area contributed by atoms with Gasteiger partial charge in [0.1, 0.15) is 29.0 Å². The highest BCUT2D eigenvalue weighted by molar-refractivity contribution is 5.97. The summed E-state index contributed by atoms with van der Waals surface area (Å²) in [6.45, 7) is 7.98. The van der Waals surface area contributed by atoms with E-state index in [1.54, 1.807) is 35.0 Å². The molecule has 1 aliphatic heterocycles. The van der Waals surface area contributed by atoms with Crippen molar-refractivity contribution < 1.29 is 56.7 Å². The fourth-order valence-corrected chi connectivity index (χ4v) is 9.50. The molecular weight excluding hydrogens is 1150 g/mol. The molecule has 2 amide bonds. The number of pyridine rings is 2. The maximum absolute atomic E-state index is 13.1. The number of anilines is 3. The van der Waals surface area contributed by atoms with Crippen LogP contribution in [0.2, 0.25) is 0 Å². The number of aromatic amines is 1. The lowest BCUT2D eigenvalue weighted by atomic mass is 10.1. The molecule has 7 heterocycles. The number of nitrogens with zero attached hydrogens (tertiary/aromatic N) is 11. The highest BCUT2D eigenvalue weighted by Gasteiger charge is 2.23. The van der Waals surface area contributed by atoms with Crippen molar-refractivity contribution in [1.29, 1.82) is 0 Å². The van der Waals surface area contributed by atoms with E-state index in [2.05, 4.69) is 62.1 Å². The van der Waals surface area contributed by atoms with Crippen molar-refractivity contribution in [2.75, 3.05) is 115 Å². The number of carboxylic acids is 1. The minimum Gasteiger partial charge on any atom is -0.480 e. The van der Waals surface area contributed by atoms with E-state index < -0.39 is 30.1 Å². The Morgan fingerprint density at radius 1 is 0.773 bits per heavy atom. The quantitative estimate of drug-likeness (QED) is 0.0307. The van der Waals surface area contributed by atoms with E-state index in [9.17, 15) is 33.1 Å². The van der Waals surface area contributed by atoms with Crippen molar-refractivity contribution in [3.8, 4) is 16.9 Å². The van der Waals surface area contributed by atoms with Gasteiger partial charge < -0.3 is 64.5 Å². The standard InChI is InChI=1S/C59H70F2N16O11/c1-39-48(32-41-4-2-3-5-49(41)88-58(60)61)77-36-43(9-14-51(77)67-39)42-8-13-50(65-33-42)75-19-17-74(18-20-75)21-24-84-25-22-76-37-46(72-73-76)38-87-31-30-86-29-28-85-27-26-83-23-16-63-52(78)15-12-47(57(81)82)69-55(79)40-6-10-44(11-7-40)64-34-45-35-66-54-53(68-45)56(80)71-59(62)70-54/h2-11,13-14,33,35-37,47,58,64H,12,15-32,34,38H2,1H3,(H,63,78)(H,69,79)(H,81,82)(H3,62,66,70,71,80)/t47-/m1/s1. The molecule has 0 unspecified atom stereocenters. The highest BCUT2D eigenvalue weighted by Crippen LogP contribution is 2.28. The second-order valence-electron chi connectivity index (χ2n) is 20.3. The lowest BCUT2D eigenvalue weighted by Gasteiger charge is -2.35. The van der Waals surface area contributed by atoms with Crippen LogP contribution in [0.3, 0.4) is 0 Å². The van der Waals surface area contributed by atoms with E-state index >= 15 is 0 Å². The van der Waals surface area contributed by atoms with E-state index in [-0.39, 0.29) is 66.9 Å². The number of carbonyl (C=O) groups is 3. The van der Waals surface area contributed by atoms with Gasteiger partial charge in [-0.3, -0.25) is 24.3 Å². The van der Waals surface area contributed by atoms with Crippen LogP contribution in [-0.4, -0.2) is 188 Å². The molecule has 1 saturated heterocycles. The lowest BCUT2D eigenvalue weighted by Crippen LogP contribution is -2.47. The number of rotatable bonds is 35. The number of nitrogen functional groups attached to an aromatic ring is 1. The third-order valence-corrected chi connectivity index (χ3v) is 14.1. The minimum atomic E-state index is -2.91. The molecule has 1 aliphatic rings. The van der Waals surface area contributed by atoms with Crippen LogP contribution in [0.4, 0.5) is 26.2 Å². The van der Waals surface area contributed by atoms with Crippen molar-refractivity contribution >= 4 is 52.0 Å². The SMILES string of the molecule is Cc1nc2ccc(-c3ccc(N4CCN(CCOCCn5cc(COCCOCCOCCOCCNC(=O)CC[C@@H](NC(=O)c6ccc(NCc7cnc8nc(N)[nH]c(=O)c8n7)cc6)C(=O)O)nn5)CC4)nc3)cn2c1Cc1ccccc1OC(F)F. The first-order chi connectivity index (χ1) is 42.8. The number of aromatic nitrogens is 10. The normalized spacial score (nSPS) is 13.1. The van der Waals surface area contributed by atoms with Crippen molar-refractivity contribution in [2.45, 2.75) is 58.5 Å². The van der Waals surface area contributed by atoms with Crippen LogP contribution >= 0.6 is 0 Å². The first-order valence-electron chi connectivity index (χ1n) is 28.7. The fraction of sp³-hybridized carbons (Fsp3) is 0.407. The zero-order chi connectivity index (χ0) is 61.6. The van der Waals surface area contributed by atoms with Crippen LogP contribution in [-0.2, 0) is 59.4 Å². The van der Waals surface area contributed by atoms with Crippen molar-refractivity contribution in [3.63, 3.8) is 0 Å². The number of alkyl halides is 2. The van der Waals surface area contributed by atoms with Crippen LogP contribution in [0.5, 0.6) is 5.75 Å². The molecular formula is C59H70F2N16O11. The van der Waals surface area contributed by atoms with Crippen LogP contribution in [0.25, 0.3) is 27.9 Å². The maximum atomic E-state index is 13.1. The van der Waals surface area contributed by atoms with Gasteiger partial charge >= 0.3 is 12.6 Å². The van der Waals surface area contributed by atoms with Gasteiger partial charge in [0.15, 0.2) is 11.2 Å². The number of halogens is 2. The van der Waals surface area contributed by atoms with Gasteiger partial charge in [-0.05, 0) is 67.9 Å². The highest BCUT2D eigenvalue weighted by atomic mass is 19.3. The fourth-order valence-electron chi connectivity index (χ4n) is 9.50. The summed E-state index contributed by atoms with van der Waals surface area (Å²) in [5.41, 5.74) is 12.3. The summed E-state index contributed by atoms with van der Waals surface area (Å²) < 4.78 is 63.0. The molecule has 27 nitrogen and oxygen atoms in total. The second kappa shape index (κ2) is 32.0. The predicted octanol–water partition coefficient (Wildman–Crippen LogP) is 3.89. The Kier molecular flexibility index (Phi) is 23.1. The van der Waals surface area contributed by atoms with Gasteiger partial charge in [0, 0.05) is 98.1 Å². The summed E-state index contributed by atoms with van der Waals surface area (Å²) in [5, 5.41) is 26.3. The second-order valence-corrected chi connectivity index (χ2v) is 20.3. The topological polar surface area (TPSA) is 328 Å². The molecule has 1 atom stereocenters. The number of benzene rings is 2. The van der Waals surface area contributed by atoms with Crippen molar-refractivity contribution in [1.82, 2.24) is 64.8 Å². The molecule has 29 heteroatoms. The summed E-state index contributed by atoms with van der Waals surface area (Å²) in [5.74, 6) is -1.27. The monoisotopic (exact) mass is 1220 g/mol. The van der Waals surface area contributed by atoms with E-state index in [0.29, 0.717) is 95.1 Å². The first-order valence-corrected chi connectivity index (χ1v) is 28.7. The summed E-state index contributed by atoms with van der Waals surface area (Å²) in [6.07, 6.45) is 7.32. The van der Waals surface area contributed by atoms with Gasteiger partial charge in [0.25, 0.3) is 11.5 Å². The number of carboxylic acid groups (broad SMARTS) is 1. The van der Waals surface area contributed by atoms with E-state index in [1.807, 2.05) is 54.2 Å².